The van der Waals surface area contributed by atoms with Crippen LogP contribution in [-0.4, -0.2) is 77.6 Å². The van der Waals surface area contributed by atoms with Crippen LogP contribution in [0.5, 0.6) is 6.01 Å². The van der Waals surface area contributed by atoms with E-state index in [-0.39, 0.29) is 39.9 Å². The number of carbonyl (C=O) groups excluding carboxylic acids is 1. The molecule has 7 rings (SSSR count). The summed E-state index contributed by atoms with van der Waals surface area (Å²) in [7, 11) is 0. The quantitative estimate of drug-likeness (QED) is 0.184. The van der Waals surface area contributed by atoms with Gasteiger partial charge in [-0.2, -0.15) is 15.2 Å². The maximum Gasteiger partial charge on any atom is 0.319 e. The second-order valence-electron chi connectivity index (χ2n) is 12.9. The first-order valence-corrected chi connectivity index (χ1v) is 16.5. The molecule has 1 atom stereocenters. The number of rotatable bonds is 9. The highest BCUT2D eigenvalue weighted by atomic mass is 35.5. The van der Waals surface area contributed by atoms with Crippen molar-refractivity contribution in [3.05, 3.63) is 71.8 Å². The Labute approximate surface area is 277 Å². The van der Waals surface area contributed by atoms with Crippen molar-refractivity contribution in [1.29, 1.82) is 5.26 Å². The number of amides is 1. The number of hydrogen-bond acceptors (Lipinski definition) is 7. The summed E-state index contributed by atoms with van der Waals surface area (Å²) in [5.41, 5.74) is 0.768. The molecule has 47 heavy (non-hydrogen) atoms. The molecule has 1 unspecified atom stereocenters. The lowest BCUT2D eigenvalue weighted by Gasteiger charge is -2.41. The van der Waals surface area contributed by atoms with Gasteiger partial charge in [-0.15, -0.1) is 0 Å². The van der Waals surface area contributed by atoms with Crippen LogP contribution in [-0.2, 0) is 4.79 Å². The van der Waals surface area contributed by atoms with Crippen molar-refractivity contribution in [2.75, 3.05) is 50.8 Å². The molecule has 2 saturated heterocycles. The molecule has 4 aromatic rings. The third-order valence-corrected chi connectivity index (χ3v) is 10.1. The Balaban J connectivity index is 1.31. The minimum Gasteiger partial charge on any atom is -0.463 e. The summed E-state index contributed by atoms with van der Waals surface area (Å²) >= 11 is 6.43. The van der Waals surface area contributed by atoms with E-state index in [0.717, 1.165) is 32.5 Å². The van der Waals surface area contributed by atoms with E-state index in [9.17, 15) is 14.4 Å². The van der Waals surface area contributed by atoms with Gasteiger partial charge in [0.15, 0.2) is 5.82 Å². The summed E-state index contributed by atoms with van der Waals surface area (Å²) in [5.74, 6) is -0.960. The smallest absolute Gasteiger partial charge is 0.319 e. The first-order chi connectivity index (χ1) is 22.8. The fourth-order valence-electron chi connectivity index (χ4n) is 7.07. The molecule has 1 aromatic heterocycles. The maximum atomic E-state index is 16.8. The predicted octanol–water partition coefficient (Wildman–Crippen LogP) is 6.75. The van der Waals surface area contributed by atoms with E-state index in [1.807, 2.05) is 4.90 Å². The monoisotopic (exact) mass is 656 g/mol. The van der Waals surface area contributed by atoms with Crippen LogP contribution in [0.3, 0.4) is 0 Å². The second kappa shape index (κ2) is 12.7. The minimum atomic E-state index is -0.601. The molecule has 3 aromatic carbocycles. The van der Waals surface area contributed by atoms with E-state index in [1.165, 1.54) is 25.0 Å². The summed E-state index contributed by atoms with van der Waals surface area (Å²) in [6.07, 6.45) is 5.90. The molecule has 1 aliphatic carbocycles. The zero-order chi connectivity index (χ0) is 32.7. The minimum absolute atomic E-state index is 0.0293. The number of hydrogen-bond donors (Lipinski definition) is 0. The number of likely N-dealkylation sites (tertiary alicyclic amines) is 1. The number of benzene rings is 3. The number of fused-ring (bicyclic) bond motifs is 2. The highest BCUT2D eigenvalue weighted by Gasteiger charge is 2.45. The van der Waals surface area contributed by atoms with Crippen molar-refractivity contribution < 1.29 is 18.3 Å². The van der Waals surface area contributed by atoms with Crippen molar-refractivity contribution in [3.8, 4) is 23.2 Å². The molecular weight excluding hydrogens is 622 g/mol. The summed E-state index contributed by atoms with van der Waals surface area (Å²) in [6.45, 7) is 8.26. The molecule has 3 fully saturated rings. The molecular formula is C36H35ClF2N6O2. The Morgan fingerprint density at radius 3 is 2.64 bits per heavy atom. The average molecular weight is 657 g/mol. The number of aromatic nitrogens is 2. The SMILES string of the molecule is C=CC(=O)N1CCN(c2nc(OCC3(CN4CCCC4)CC3)nc3c(F)c(-c4cccc5ccc(F)c(Cl)c45)ccc23)CC1CC#N. The molecule has 1 saturated carbocycles. The van der Waals surface area contributed by atoms with Gasteiger partial charge < -0.3 is 19.4 Å². The van der Waals surface area contributed by atoms with Crippen LogP contribution >= 0.6 is 11.6 Å². The van der Waals surface area contributed by atoms with Crippen LogP contribution < -0.4 is 9.64 Å². The van der Waals surface area contributed by atoms with Crippen molar-refractivity contribution in [2.45, 2.75) is 38.1 Å². The van der Waals surface area contributed by atoms with Crippen LogP contribution in [0.4, 0.5) is 14.6 Å². The predicted molar refractivity (Wildman–Crippen MR) is 178 cm³/mol. The largest absolute Gasteiger partial charge is 0.463 e. The number of nitrogens with zero attached hydrogens (tertiary/aromatic N) is 6. The van der Waals surface area contributed by atoms with Crippen molar-refractivity contribution in [3.63, 3.8) is 0 Å². The van der Waals surface area contributed by atoms with Crippen molar-refractivity contribution in [1.82, 2.24) is 19.8 Å². The van der Waals surface area contributed by atoms with Gasteiger partial charge in [0.2, 0.25) is 5.91 Å². The van der Waals surface area contributed by atoms with Gasteiger partial charge in [-0.1, -0.05) is 48.5 Å². The molecule has 0 N–H and O–H groups in total. The van der Waals surface area contributed by atoms with Gasteiger partial charge in [-0.25, -0.2) is 8.78 Å². The summed E-state index contributed by atoms with van der Waals surface area (Å²) in [6, 6.07) is 13.5. The molecule has 11 heteroatoms. The van der Waals surface area contributed by atoms with E-state index in [2.05, 4.69) is 22.5 Å². The van der Waals surface area contributed by atoms with E-state index >= 15 is 4.39 Å². The lowest BCUT2D eigenvalue weighted by atomic mass is 9.96. The van der Waals surface area contributed by atoms with Crippen LogP contribution in [0, 0.1) is 28.4 Å². The van der Waals surface area contributed by atoms with Crippen molar-refractivity contribution in [2.24, 2.45) is 5.41 Å². The van der Waals surface area contributed by atoms with E-state index < -0.39 is 17.7 Å². The Kier molecular flexibility index (Phi) is 8.45. The van der Waals surface area contributed by atoms with E-state index in [1.54, 1.807) is 41.3 Å². The number of nitriles is 1. The zero-order valence-electron chi connectivity index (χ0n) is 26.0. The van der Waals surface area contributed by atoms with Crippen LogP contribution in [0.2, 0.25) is 5.02 Å². The molecule has 3 aliphatic rings. The lowest BCUT2D eigenvalue weighted by Crippen LogP contribution is -2.55. The van der Waals surface area contributed by atoms with Gasteiger partial charge in [0, 0.05) is 47.9 Å². The van der Waals surface area contributed by atoms with Gasteiger partial charge in [0.1, 0.15) is 17.2 Å². The van der Waals surface area contributed by atoms with Gasteiger partial charge in [0.25, 0.3) is 0 Å². The highest BCUT2D eigenvalue weighted by Crippen LogP contribution is 2.47. The zero-order valence-corrected chi connectivity index (χ0v) is 26.8. The highest BCUT2D eigenvalue weighted by molar-refractivity contribution is 6.37. The molecule has 3 heterocycles. The Morgan fingerprint density at radius 2 is 1.89 bits per heavy atom. The number of anilines is 1. The fraction of sp³-hybridized carbons (Fsp3) is 0.389. The summed E-state index contributed by atoms with van der Waals surface area (Å²) in [4.78, 5) is 28.1. The van der Waals surface area contributed by atoms with E-state index in [0.29, 0.717) is 53.8 Å². The second-order valence-corrected chi connectivity index (χ2v) is 13.3. The summed E-state index contributed by atoms with van der Waals surface area (Å²) in [5, 5.41) is 11.0. The number of piperazine rings is 1. The Bertz CT molecular complexity index is 1920. The molecule has 242 valence electrons. The Morgan fingerprint density at radius 1 is 1.09 bits per heavy atom. The van der Waals surface area contributed by atoms with Gasteiger partial charge >= 0.3 is 6.01 Å². The first kappa shape index (κ1) is 31.3. The van der Waals surface area contributed by atoms with E-state index in [4.69, 9.17) is 21.3 Å². The standard InChI is InChI=1S/C36H35ClF2N6O2/c1-2-29(46)45-19-18-44(20-24(45)12-15-40)34-27-10-9-26(25-7-5-6-23-8-11-28(38)31(37)30(23)25)32(39)33(27)41-35(42-34)47-22-36(13-14-36)21-43-16-3-4-17-43/h2,5-11,24H,1,3-4,12-14,16-22H2. The van der Waals surface area contributed by atoms with Crippen LogP contribution in [0.15, 0.2) is 55.1 Å². The topological polar surface area (TPSA) is 85.6 Å². The van der Waals surface area contributed by atoms with Crippen LogP contribution in [0.1, 0.15) is 32.1 Å². The molecule has 1 amide bonds. The normalized spacial score (nSPS) is 19.2. The van der Waals surface area contributed by atoms with Gasteiger partial charge in [-0.3, -0.25) is 4.79 Å². The molecule has 8 nitrogen and oxygen atoms in total. The van der Waals surface area contributed by atoms with Crippen LogP contribution in [0.25, 0.3) is 32.8 Å². The average Bonchev–Trinajstić information content (AvgIpc) is 3.66. The first-order valence-electron chi connectivity index (χ1n) is 16.1. The molecule has 0 spiro atoms. The lowest BCUT2D eigenvalue weighted by molar-refractivity contribution is -0.128. The molecule has 0 bridgehead atoms. The van der Waals surface area contributed by atoms with Crippen molar-refractivity contribution >= 4 is 45.0 Å². The molecule has 2 aliphatic heterocycles. The number of carbonyl (C=O) groups is 1. The fourth-order valence-corrected chi connectivity index (χ4v) is 7.34. The maximum absolute atomic E-state index is 16.8. The van der Waals surface area contributed by atoms with Gasteiger partial charge in [-0.05, 0) is 67.9 Å². The third kappa shape index (κ3) is 5.99. The Hall–Kier alpha value is -4.33. The van der Waals surface area contributed by atoms with Gasteiger partial charge in [0.05, 0.1) is 30.2 Å². The number of halogens is 3. The summed E-state index contributed by atoms with van der Waals surface area (Å²) < 4.78 is 37.7. The third-order valence-electron chi connectivity index (χ3n) is 9.78. The molecule has 0 radical (unpaired) electrons. The number of ether oxygens (including phenoxy) is 1.